The Balaban J connectivity index is 1.39. The number of aromatic amines is 1. The topological polar surface area (TPSA) is 111 Å². The van der Waals surface area contributed by atoms with Crippen molar-refractivity contribution in [3.8, 4) is 16.9 Å². The molecular weight excluding hydrogens is 458 g/mol. The van der Waals surface area contributed by atoms with Gasteiger partial charge in [-0.05, 0) is 53.4 Å². The molecule has 0 aliphatic rings. The average molecular weight is 488 g/mol. The molecule has 0 aliphatic heterocycles. The molecule has 0 unspecified atom stereocenters. The summed E-state index contributed by atoms with van der Waals surface area (Å²) in [6.45, 7) is 4.03. The van der Waals surface area contributed by atoms with Crippen LogP contribution in [0.15, 0.2) is 66.9 Å². The molecule has 0 saturated heterocycles. The van der Waals surface area contributed by atoms with Gasteiger partial charge in [-0.3, -0.25) is 4.79 Å². The molecule has 4 rings (SSSR count). The Morgan fingerprint density at radius 2 is 1.81 bits per heavy atom. The predicted molar refractivity (Wildman–Crippen MR) is 136 cm³/mol. The molecule has 0 spiro atoms. The van der Waals surface area contributed by atoms with Crippen molar-refractivity contribution >= 4 is 11.7 Å². The lowest BCUT2D eigenvalue weighted by atomic mass is 10.0. The summed E-state index contributed by atoms with van der Waals surface area (Å²) < 4.78 is 16.2. The number of nitrogens with zero attached hydrogens (tertiary/aromatic N) is 3. The fourth-order valence-corrected chi connectivity index (χ4v) is 3.57. The Kier molecular flexibility index (Phi) is 8.74. The van der Waals surface area contributed by atoms with E-state index < -0.39 is 5.91 Å². The zero-order chi connectivity index (χ0) is 25.2. The van der Waals surface area contributed by atoms with Crippen molar-refractivity contribution in [3.05, 3.63) is 89.6 Å². The van der Waals surface area contributed by atoms with Crippen LogP contribution in [0.2, 0.25) is 0 Å². The van der Waals surface area contributed by atoms with Crippen molar-refractivity contribution in [2.45, 2.75) is 13.3 Å². The fourth-order valence-electron chi connectivity index (χ4n) is 3.57. The van der Waals surface area contributed by atoms with E-state index in [-0.39, 0.29) is 5.82 Å². The first-order valence-electron chi connectivity index (χ1n) is 11.7. The summed E-state index contributed by atoms with van der Waals surface area (Å²) in [5.74, 6) is 1.49. The Hall–Kier alpha value is -4.08. The van der Waals surface area contributed by atoms with Crippen LogP contribution >= 0.6 is 0 Å². The zero-order valence-electron chi connectivity index (χ0n) is 20.4. The van der Waals surface area contributed by atoms with Gasteiger partial charge in [0, 0.05) is 19.7 Å². The first-order chi connectivity index (χ1) is 17.6. The van der Waals surface area contributed by atoms with Crippen LogP contribution in [0.25, 0.3) is 11.1 Å². The van der Waals surface area contributed by atoms with Crippen LogP contribution in [0.1, 0.15) is 27.6 Å². The van der Waals surface area contributed by atoms with Gasteiger partial charge in [0.15, 0.2) is 0 Å². The average Bonchev–Trinajstić information content (AvgIpc) is 3.36. The van der Waals surface area contributed by atoms with Crippen molar-refractivity contribution in [2.24, 2.45) is 0 Å². The number of carbonyl (C=O) groups is 1. The monoisotopic (exact) mass is 487 g/mol. The molecule has 2 aromatic heterocycles. The van der Waals surface area contributed by atoms with Gasteiger partial charge in [-0.2, -0.15) is 0 Å². The maximum atomic E-state index is 12.7. The Bertz CT molecular complexity index is 1280. The molecule has 0 fully saturated rings. The highest BCUT2D eigenvalue weighted by Crippen LogP contribution is 2.29. The van der Waals surface area contributed by atoms with Gasteiger partial charge in [0.1, 0.15) is 24.0 Å². The minimum absolute atomic E-state index is 0.132. The summed E-state index contributed by atoms with van der Waals surface area (Å²) in [5, 5.41) is 10.9. The molecule has 0 atom stereocenters. The molecule has 36 heavy (non-hydrogen) atoms. The highest BCUT2D eigenvalue weighted by Gasteiger charge is 2.14. The number of hydrogen-bond donors (Lipinski definition) is 2. The zero-order valence-corrected chi connectivity index (χ0v) is 20.4. The number of ether oxygens (including phenoxy) is 3. The van der Waals surface area contributed by atoms with Gasteiger partial charge in [-0.25, -0.2) is 4.98 Å². The van der Waals surface area contributed by atoms with Crippen LogP contribution in [0.4, 0.5) is 5.82 Å². The smallest absolute Gasteiger partial charge is 0.294 e. The van der Waals surface area contributed by atoms with Crippen LogP contribution in [0.3, 0.4) is 0 Å². The maximum absolute atomic E-state index is 12.7. The van der Waals surface area contributed by atoms with E-state index in [1.807, 2.05) is 67.6 Å². The van der Waals surface area contributed by atoms with Crippen LogP contribution < -0.4 is 10.1 Å². The summed E-state index contributed by atoms with van der Waals surface area (Å²) in [4.78, 5) is 20.0. The minimum Gasteiger partial charge on any atom is -0.491 e. The van der Waals surface area contributed by atoms with E-state index in [9.17, 15) is 4.79 Å². The van der Waals surface area contributed by atoms with Gasteiger partial charge in [-0.1, -0.05) is 36.4 Å². The van der Waals surface area contributed by atoms with Gasteiger partial charge in [0.05, 0.1) is 19.8 Å². The summed E-state index contributed by atoms with van der Waals surface area (Å²) in [6, 6.07) is 19.5. The lowest BCUT2D eigenvalue weighted by Gasteiger charge is -2.12. The molecule has 9 nitrogen and oxygen atoms in total. The third-order valence-corrected chi connectivity index (χ3v) is 5.41. The highest BCUT2D eigenvalue weighted by molar-refractivity contribution is 6.01. The minimum atomic E-state index is -0.409. The highest BCUT2D eigenvalue weighted by atomic mass is 16.5. The maximum Gasteiger partial charge on any atom is 0.294 e. The van der Waals surface area contributed by atoms with E-state index in [0.29, 0.717) is 44.5 Å². The van der Waals surface area contributed by atoms with Crippen LogP contribution in [0.5, 0.6) is 5.75 Å². The number of aryl methyl sites for hydroxylation is 1. The van der Waals surface area contributed by atoms with Crippen LogP contribution in [-0.2, 0) is 15.9 Å². The van der Waals surface area contributed by atoms with Gasteiger partial charge in [-0.15, -0.1) is 10.2 Å². The van der Waals surface area contributed by atoms with Crippen molar-refractivity contribution in [1.29, 1.82) is 0 Å². The van der Waals surface area contributed by atoms with Gasteiger partial charge in [0.2, 0.25) is 5.82 Å². The number of amides is 1. The first kappa shape index (κ1) is 25.0. The van der Waals surface area contributed by atoms with E-state index in [1.54, 1.807) is 13.3 Å². The summed E-state index contributed by atoms with van der Waals surface area (Å²) >= 11 is 0. The molecular formula is C27H29N5O4. The van der Waals surface area contributed by atoms with E-state index in [1.165, 1.54) is 0 Å². The summed E-state index contributed by atoms with van der Waals surface area (Å²) in [6.07, 6.45) is 2.22. The first-order valence-corrected chi connectivity index (χ1v) is 11.7. The number of aromatic nitrogens is 4. The van der Waals surface area contributed by atoms with E-state index in [0.717, 1.165) is 28.0 Å². The van der Waals surface area contributed by atoms with Crippen molar-refractivity contribution in [3.63, 3.8) is 0 Å². The number of hydrogen-bond acceptors (Lipinski definition) is 7. The molecule has 9 heteroatoms. The molecule has 2 N–H and O–H groups in total. The van der Waals surface area contributed by atoms with Crippen molar-refractivity contribution < 1.29 is 19.0 Å². The second-order valence-electron chi connectivity index (χ2n) is 8.10. The largest absolute Gasteiger partial charge is 0.491 e. The van der Waals surface area contributed by atoms with E-state index >= 15 is 0 Å². The van der Waals surface area contributed by atoms with Crippen LogP contribution in [-0.4, -0.2) is 59.6 Å². The third-order valence-electron chi connectivity index (χ3n) is 5.41. The van der Waals surface area contributed by atoms with Gasteiger partial charge < -0.3 is 24.5 Å². The normalized spacial score (nSPS) is 10.8. The number of pyridine rings is 1. The van der Waals surface area contributed by atoms with Crippen molar-refractivity contribution in [2.75, 3.05) is 38.9 Å². The summed E-state index contributed by atoms with van der Waals surface area (Å²) in [7, 11) is 1.64. The number of carbonyl (C=O) groups excluding carboxylic acids is 1. The third kappa shape index (κ3) is 6.97. The number of methoxy groups -OCH3 is 1. The fraction of sp³-hybridized carbons (Fsp3) is 0.259. The lowest BCUT2D eigenvalue weighted by molar-refractivity contribution is 0.0544. The Morgan fingerprint density at radius 3 is 2.64 bits per heavy atom. The molecule has 0 aliphatic carbocycles. The lowest BCUT2D eigenvalue weighted by Crippen LogP contribution is -2.14. The molecule has 0 saturated carbocycles. The molecule has 186 valence electrons. The number of nitrogens with one attached hydrogen (secondary N) is 2. The molecule has 2 heterocycles. The molecule has 0 radical (unpaired) electrons. The Labute approximate surface area is 209 Å². The van der Waals surface area contributed by atoms with Gasteiger partial charge >= 0.3 is 0 Å². The van der Waals surface area contributed by atoms with E-state index in [4.69, 9.17) is 14.2 Å². The molecule has 4 aromatic rings. The van der Waals surface area contributed by atoms with Crippen molar-refractivity contribution in [1.82, 2.24) is 20.2 Å². The predicted octanol–water partition coefficient (Wildman–Crippen LogP) is 4.06. The second-order valence-corrected chi connectivity index (χ2v) is 8.10. The molecule has 1 amide bonds. The van der Waals surface area contributed by atoms with E-state index in [2.05, 4.69) is 25.5 Å². The molecule has 0 bridgehead atoms. The van der Waals surface area contributed by atoms with Gasteiger partial charge in [0.25, 0.3) is 5.91 Å². The number of rotatable bonds is 12. The molecule has 2 aromatic carbocycles. The summed E-state index contributed by atoms with van der Waals surface area (Å²) in [5.41, 5.74) is 4.04. The quantitative estimate of drug-likeness (QED) is 0.290. The number of anilines is 1. The standard InChI is InChI=1S/C27H29N5O4/c1-19-8-9-22(36-15-14-35-13-12-34-2)18-23(19)21-10-11-28-24(17-21)30-27(33)26-29-25(31-32-26)16-20-6-4-3-5-7-20/h3-11,17-18H,12-16H2,1-2H3,(H,28,30,33)(H,29,31,32). The Morgan fingerprint density at radius 1 is 0.972 bits per heavy atom. The number of benzene rings is 2. The second kappa shape index (κ2) is 12.6. The SMILES string of the molecule is COCCOCCOc1ccc(C)c(-c2ccnc(NC(=O)c3nnc(Cc4ccccc4)[nH]3)c2)c1. The number of H-pyrrole nitrogens is 1. The van der Waals surface area contributed by atoms with Crippen LogP contribution in [0, 0.1) is 6.92 Å².